The number of nitrogens with zero attached hydrogens (tertiary/aromatic N) is 5. The van der Waals surface area contributed by atoms with Crippen LogP contribution in [-0.4, -0.2) is 29.5 Å². The summed E-state index contributed by atoms with van der Waals surface area (Å²) in [6, 6.07) is 9.78. The standard InChI is InChI=1S/C22H18FN7O/c1-2-15(28-20-18-19(25-11-24-18)26-12-27-20)21-29-16-10-6-9-14(23)17(16)22(31)30(21)13-7-4-3-5-8-13/h3-12,15H,2H2,1H3,(H2,24,25,26,27,28)/t15-/m0/s1/i1D3,11D,15D. The van der Waals surface area contributed by atoms with Crippen molar-refractivity contribution in [2.45, 2.75) is 19.3 Å². The molecule has 1 atom stereocenters. The minimum absolute atomic E-state index is 0.0350. The molecule has 0 saturated heterocycles. The Morgan fingerprint density at radius 1 is 1.23 bits per heavy atom. The van der Waals surface area contributed by atoms with E-state index in [1.807, 2.05) is 0 Å². The van der Waals surface area contributed by atoms with Gasteiger partial charge in [-0.05, 0) is 30.7 Å². The topological polar surface area (TPSA) is 101 Å². The SMILES string of the molecule is [2H]c1nc2c(N[C@@]([2H])(CC([2H])([2H])[2H])c3nc4cccc(F)c4c(=O)n3-c3ccccc3)ncnc2[nH]1. The molecule has 0 unspecified atom stereocenters. The van der Waals surface area contributed by atoms with Crippen LogP contribution in [0.3, 0.4) is 0 Å². The minimum Gasteiger partial charge on any atom is -0.358 e. The number of benzene rings is 2. The summed E-state index contributed by atoms with van der Waals surface area (Å²) in [5.74, 6) is -1.12. The molecule has 0 spiro atoms. The summed E-state index contributed by atoms with van der Waals surface area (Å²) in [5, 5.41) is 2.48. The van der Waals surface area contributed by atoms with E-state index in [1.165, 1.54) is 12.1 Å². The molecule has 0 saturated carbocycles. The van der Waals surface area contributed by atoms with Crippen LogP contribution in [0.2, 0.25) is 0 Å². The maximum atomic E-state index is 14.7. The molecule has 0 radical (unpaired) electrons. The molecule has 0 aliphatic rings. The van der Waals surface area contributed by atoms with Crippen molar-refractivity contribution in [3.8, 4) is 5.69 Å². The van der Waals surface area contributed by atoms with Crippen molar-refractivity contribution in [1.29, 1.82) is 0 Å². The van der Waals surface area contributed by atoms with Crippen molar-refractivity contribution in [2.75, 3.05) is 5.32 Å². The van der Waals surface area contributed by atoms with Gasteiger partial charge in [0.1, 0.15) is 30.2 Å². The minimum atomic E-state index is -2.65. The number of aromatic nitrogens is 6. The number of halogens is 1. The molecule has 0 aliphatic heterocycles. The average molecular weight is 420 g/mol. The third kappa shape index (κ3) is 3.20. The molecular weight excluding hydrogens is 397 g/mol. The lowest BCUT2D eigenvalue weighted by atomic mass is 10.1. The Labute approximate surface area is 182 Å². The van der Waals surface area contributed by atoms with Crippen LogP contribution in [0, 0.1) is 5.82 Å². The summed E-state index contributed by atoms with van der Waals surface area (Å²) in [4.78, 5) is 32.8. The van der Waals surface area contributed by atoms with Gasteiger partial charge in [-0.15, -0.1) is 0 Å². The monoisotopic (exact) mass is 420 g/mol. The van der Waals surface area contributed by atoms with E-state index in [9.17, 15) is 10.6 Å². The van der Waals surface area contributed by atoms with Gasteiger partial charge in [0.15, 0.2) is 11.5 Å². The number of hydrogen-bond donors (Lipinski definition) is 2. The predicted octanol–water partition coefficient (Wildman–Crippen LogP) is 3.75. The van der Waals surface area contributed by atoms with Crippen molar-refractivity contribution in [3.05, 3.63) is 83.2 Å². The first-order valence-corrected chi connectivity index (χ1v) is 9.28. The number of para-hydroxylation sites is 1. The number of hydrogen-bond acceptors (Lipinski definition) is 6. The molecular formula is C22H18FN7O. The summed E-state index contributed by atoms with van der Waals surface area (Å²) >= 11 is 0. The van der Waals surface area contributed by atoms with Gasteiger partial charge in [-0.3, -0.25) is 9.36 Å². The van der Waals surface area contributed by atoms with Crippen LogP contribution in [0.25, 0.3) is 27.8 Å². The second-order valence-corrected chi connectivity index (χ2v) is 6.59. The van der Waals surface area contributed by atoms with Gasteiger partial charge >= 0.3 is 0 Å². The Bertz CT molecular complexity index is 1650. The van der Waals surface area contributed by atoms with Crippen molar-refractivity contribution in [1.82, 2.24) is 29.5 Å². The molecule has 0 amide bonds. The number of rotatable bonds is 5. The van der Waals surface area contributed by atoms with E-state index >= 15 is 0 Å². The molecule has 2 aromatic carbocycles. The van der Waals surface area contributed by atoms with Gasteiger partial charge < -0.3 is 10.3 Å². The van der Waals surface area contributed by atoms with Crippen molar-refractivity contribution >= 4 is 27.9 Å². The van der Waals surface area contributed by atoms with Crippen molar-refractivity contribution in [2.24, 2.45) is 0 Å². The summed E-state index contributed by atoms with van der Waals surface area (Å²) in [6.07, 6.45) is 0.149. The average Bonchev–Trinajstić information content (AvgIpc) is 3.19. The zero-order chi connectivity index (χ0) is 25.7. The van der Waals surface area contributed by atoms with E-state index in [1.54, 1.807) is 30.3 Å². The van der Waals surface area contributed by atoms with Crippen LogP contribution >= 0.6 is 0 Å². The van der Waals surface area contributed by atoms with Crippen molar-refractivity contribution < 1.29 is 11.2 Å². The largest absolute Gasteiger partial charge is 0.358 e. The highest BCUT2D eigenvalue weighted by Gasteiger charge is 2.22. The fraction of sp³-hybridized carbons (Fsp3) is 0.136. The Balaban J connectivity index is 1.83. The Morgan fingerprint density at radius 3 is 2.94 bits per heavy atom. The van der Waals surface area contributed by atoms with Crippen LogP contribution in [0.1, 0.15) is 32.0 Å². The van der Waals surface area contributed by atoms with Gasteiger partial charge in [0.05, 0.1) is 24.9 Å². The molecule has 9 heteroatoms. The molecule has 0 aliphatic carbocycles. The van der Waals surface area contributed by atoms with Crippen LogP contribution in [0.5, 0.6) is 0 Å². The molecule has 8 nitrogen and oxygen atoms in total. The highest BCUT2D eigenvalue weighted by molar-refractivity contribution is 5.82. The number of H-pyrrole nitrogens is 1. The van der Waals surface area contributed by atoms with E-state index in [0.717, 1.165) is 17.0 Å². The second-order valence-electron chi connectivity index (χ2n) is 6.59. The zero-order valence-corrected chi connectivity index (χ0v) is 15.9. The molecule has 31 heavy (non-hydrogen) atoms. The maximum absolute atomic E-state index is 14.7. The first kappa shape index (κ1) is 14.0. The van der Waals surface area contributed by atoms with Gasteiger partial charge in [-0.2, -0.15) is 0 Å². The molecule has 5 rings (SSSR count). The number of anilines is 1. The Morgan fingerprint density at radius 2 is 2.10 bits per heavy atom. The van der Waals surface area contributed by atoms with Crippen LogP contribution in [-0.2, 0) is 0 Å². The smallest absolute Gasteiger partial charge is 0.269 e. The summed E-state index contributed by atoms with van der Waals surface area (Å²) < 4.78 is 56.5. The quantitative estimate of drug-likeness (QED) is 0.449. The third-order valence-corrected chi connectivity index (χ3v) is 4.74. The van der Waals surface area contributed by atoms with Crippen LogP contribution in [0.15, 0.2) is 66.0 Å². The molecule has 154 valence electrons. The number of imidazole rings is 1. The lowest BCUT2D eigenvalue weighted by Gasteiger charge is -2.22. The molecule has 2 N–H and O–H groups in total. The predicted molar refractivity (Wildman–Crippen MR) is 116 cm³/mol. The normalized spacial score (nSPS) is 16.1. The summed E-state index contributed by atoms with van der Waals surface area (Å²) in [5.41, 5.74) is -0.274. The highest BCUT2D eigenvalue weighted by atomic mass is 19.1. The van der Waals surface area contributed by atoms with E-state index in [0.29, 0.717) is 0 Å². The highest BCUT2D eigenvalue weighted by Crippen LogP contribution is 2.26. The molecule has 0 fully saturated rings. The molecule has 3 aromatic heterocycles. The molecule has 0 bridgehead atoms. The third-order valence-electron chi connectivity index (χ3n) is 4.74. The first-order valence-electron chi connectivity index (χ1n) is 11.8. The number of fused-ring (bicyclic) bond motifs is 2. The maximum Gasteiger partial charge on any atom is 0.269 e. The van der Waals surface area contributed by atoms with E-state index < -0.39 is 30.7 Å². The van der Waals surface area contributed by atoms with E-state index in [-0.39, 0.29) is 45.7 Å². The molecule has 5 aromatic rings. The van der Waals surface area contributed by atoms with Gasteiger partial charge in [-0.1, -0.05) is 31.1 Å². The van der Waals surface area contributed by atoms with Gasteiger partial charge in [-0.25, -0.2) is 24.3 Å². The Kier molecular flexibility index (Phi) is 3.42. The lowest BCUT2D eigenvalue weighted by Crippen LogP contribution is -2.28. The van der Waals surface area contributed by atoms with Crippen LogP contribution in [0.4, 0.5) is 10.2 Å². The fourth-order valence-corrected chi connectivity index (χ4v) is 3.34. The summed E-state index contributed by atoms with van der Waals surface area (Å²) in [6.45, 7) is -2.65. The Hall–Kier alpha value is -4.14. The van der Waals surface area contributed by atoms with Gasteiger partial charge in [0.25, 0.3) is 5.56 Å². The van der Waals surface area contributed by atoms with Crippen molar-refractivity contribution in [3.63, 3.8) is 0 Å². The van der Waals surface area contributed by atoms with Gasteiger partial charge in [0, 0.05) is 4.11 Å². The van der Waals surface area contributed by atoms with E-state index in [4.69, 9.17) is 5.48 Å². The van der Waals surface area contributed by atoms with Crippen LogP contribution < -0.4 is 10.9 Å². The molecule has 3 heterocycles. The summed E-state index contributed by atoms with van der Waals surface area (Å²) in [7, 11) is 0. The number of nitrogens with one attached hydrogen (secondary N) is 2. The zero-order valence-electron chi connectivity index (χ0n) is 20.9. The van der Waals surface area contributed by atoms with E-state index in [2.05, 4.69) is 30.2 Å². The van der Waals surface area contributed by atoms with Gasteiger partial charge in [0.2, 0.25) is 0 Å². The second kappa shape index (κ2) is 7.60. The fourth-order valence-electron chi connectivity index (χ4n) is 3.34. The number of aromatic amines is 1. The first-order chi connectivity index (χ1) is 17.1. The lowest BCUT2D eigenvalue weighted by molar-refractivity contribution is 0.630.